The van der Waals surface area contributed by atoms with Gasteiger partial charge in [0.05, 0.1) is 0 Å². The Bertz CT molecular complexity index is 594. The molecule has 106 valence electrons. The minimum Gasteiger partial charge on any atom is -1.00 e. The summed E-state index contributed by atoms with van der Waals surface area (Å²) in [5.41, 5.74) is 4.87. The van der Waals surface area contributed by atoms with E-state index >= 15 is 0 Å². The molecule has 1 heterocycles. The quantitative estimate of drug-likeness (QED) is 0.534. The van der Waals surface area contributed by atoms with Crippen LogP contribution in [0.5, 0.6) is 0 Å². The lowest BCUT2D eigenvalue weighted by Gasteiger charge is -1.99. The van der Waals surface area contributed by atoms with Crippen molar-refractivity contribution in [3.05, 3.63) is 54.1 Å². The first-order valence-electron chi connectivity index (χ1n) is 6.22. The van der Waals surface area contributed by atoms with E-state index in [4.69, 9.17) is 0 Å². The summed E-state index contributed by atoms with van der Waals surface area (Å²) in [7, 11) is 0. The maximum atomic E-state index is 4.61. The van der Waals surface area contributed by atoms with Crippen LogP contribution in [0, 0.1) is 6.92 Å². The SMILES string of the molecule is Cc1ccc([NH2+]CC2=Nc3ccccc3[NH2+]2)cc1.[Cl-].[Cl-]. The Morgan fingerprint density at radius 3 is 2.40 bits per heavy atom. The third kappa shape index (κ3) is 3.81. The molecule has 3 nitrogen and oxygen atoms in total. The number of para-hydroxylation sites is 2. The number of fused-ring (bicyclic) bond motifs is 1. The van der Waals surface area contributed by atoms with E-state index in [1.165, 1.54) is 16.9 Å². The summed E-state index contributed by atoms with van der Waals surface area (Å²) in [4.78, 5) is 4.61. The van der Waals surface area contributed by atoms with Crippen LogP contribution >= 0.6 is 0 Å². The molecule has 3 rings (SSSR count). The van der Waals surface area contributed by atoms with Gasteiger partial charge in [-0.15, -0.1) is 0 Å². The monoisotopic (exact) mass is 309 g/mol. The second kappa shape index (κ2) is 7.41. The van der Waals surface area contributed by atoms with Crippen LogP contribution in [-0.4, -0.2) is 12.4 Å². The zero-order chi connectivity index (χ0) is 12.4. The molecular weight excluding hydrogens is 293 g/mol. The van der Waals surface area contributed by atoms with Crippen molar-refractivity contribution in [1.82, 2.24) is 0 Å². The number of nitrogens with zero attached hydrogens (tertiary/aromatic N) is 1. The summed E-state index contributed by atoms with van der Waals surface area (Å²) < 4.78 is 0. The first-order valence-corrected chi connectivity index (χ1v) is 6.22. The standard InChI is InChI=1S/C15H15N3.2ClH/c1-11-6-8-12(9-7-11)16-10-15-17-13-4-2-3-5-14(13)18-15;;/h2-9,16H,10H2,1H3,(H,17,18);2*1H. The van der Waals surface area contributed by atoms with Gasteiger partial charge in [0.1, 0.15) is 11.4 Å². The fraction of sp³-hybridized carbons (Fsp3) is 0.133. The van der Waals surface area contributed by atoms with E-state index in [2.05, 4.69) is 65.0 Å². The van der Waals surface area contributed by atoms with Gasteiger partial charge in [0, 0.05) is 6.07 Å². The molecule has 2 aromatic rings. The van der Waals surface area contributed by atoms with Gasteiger partial charge < -0.3 is 30.1 Å². The lowest BCUT2D eigenvalue weighted by molar-refractivity contribution is -0.574. The number of hydrogen-bond acceptors (Lipinski definition) is 1. The second-order valence-electron chi connectivity index (χ2n) is 4.63. The van der Waals surface area contributed by atoms with Crippen LogP contribution < -0.4 is 35.4 Å². The Morgan fingerprint density at radius 1 is 1.00 bits per heavy atom. The third-order valence-corrected chi connectivity index (χ3v) is 3.15. The van der Waals surface area contributed by atoms with Crippen molar-refractivity contribution in [2.24, 2.45) is 4.99 Å². The molecule has 0 aromatic heterocycles. The van der Waals surface area contributed by atoms with Gasteiger partial charge in [0.25, 0.3) is 5.84 Å². The summed E-state index contributed by atoms with van der Waals surface area (Å²) in [6.45, 7) is 2.99. The summed E-state index contributed by atoms with van der Waals surface area (Å²) in [6, 6.07) is 16.8. The van der Waals surface area contributed by atoms with Gasteiger partial charge >= 0.3 is 0 Å². The van der Waals surface area contributed by atoms with E-state index in [9.17, 15) is 0 Å². The molecule has 0 bridgehead atoms. The first kappa shape index (κ1) is 16.7. The highest BCUT2D eigenvalue weighted by Gasteiger charge is 2.19. The summed E-state index contributed by atoms with van der Waals surface area (Å²) in [5.74, 6) is 1.14. The topological polar surface area (TPSA) is 45.6 Å². The van der Waals surface area contributed by atoms with Crippen molar-refractivity contribution in [3.8, 4) is 0 Å². The van der Waals surface area contributed by atoms with E-state index in [0.29, 0.717) is 0 Å². The largest absolute Gasteiger partial charge is 1.00 e. The molecule has 0 fully saturated rings. The molecule has 5 heteroatoms. The van der Waals surface area contributed by atoms with Crippen LogP contribution in [0.4, 0.5) is 17.1 Å². The molecule has 0 amide bonds. The highest BCUT2D eigenvalue weighted by Crippen LogP contribution is 2.22. The molecule has 2 aromatic carbocycles. The molecule has 0 atom stereocenters. The number of rotatable bonds is 3. The average molecular weight is 310 g/mol. The highest BCUT2D eigenvalue weighted by molar-refractivity contribution is 5.85. The predicted molar refractivity (Wildman–Crippen MR) is 72.8 cm³/mol. The van der Waals surface area contributed by atoms with Crippen LogP contribution in [-0.2, 0) is 0 Å². The summed E-state index contributed by atoms with van der Waals surface area (Å²) in [5, 5.41) is 4.39. The molecule has 0 saturated carbocycles. The van der Waals surface area contributed by atoms with Crippen LogP contribution in [0.25, 0.3) is 0 Å². The van der Waals surface area contributed by atoms with Crippen molar-refractivity contribution in [2.75, 3.05) is 6.54 Å². The van der Waals surface area contributed by atoms with Gasteiger partial charge in [-0.1, -0.05) is 29.8 Å². The Hall–Kier alpha value is -1.39. The number of nitrogens with two attached hydrogens (primary N) is 2. The number of halogens is 2. The van der Waals surface area contributed by atoms with Crippen molar-refractivity contribution in [2.45, 2.75) is 6.92 Å². The Labute approximate surface area is 131 Å². The predicted octanol–water partition coefficient (Wildman–Crippen LogP) is -4.86. The minimum atomic E-state index is 0. The van der Waals surface area contributed by atoms with E-state index in [-0.39, 0.29) is 24.8 Å². The molecule has 4 N–H and O–H groups in total. The fourth-order valence-electron chi connectivity index (χ4n) is 2.11. The Kier molecular flexibility index (Phi) is 6.17. The minimum absolute atomic E-state index is 0. The molecule has 0 aliphatic carbocycles. The van der Waals surface area contributed by atoms with Gasteiger partial charge in [-0.3, -0.25) is 5.32 Å². The highest BCUT2D eigenvalue weighted by atomic mass is 35.5. The zero-order valence-electron chi connectivity index (χ0n) is 11.2. The average Bonchev–Trinajstić information content (AvgIpc) is 2.81. The van der Waals surface area contributed by atoms with Crippen LogP contribution in [0.1, 0.15) is 5.56 Å². The number of quaternary nitrogens is 2. The van der Waals surface area contributed by atoms with Gasteiger partial charge in [0.2, 0.25) is 0 Å². The number of aryl methyl sites for hydroxylation is 1. The summed E-state index contributed by atoms with van der Waals surface area (Å²) in [6.07, 6.45) is 0. The number of hydrogen-bond donors (Lipinski definition) is 2. The molecule has 0 spiro atoms. The molecule has 0 unspecified atom stereocenters. The second-order valence-corrected chi connectivity index (χ2v) is 4.63. The molecule has 0 saturated heterocycles. The number of aliphatic imine (C=N–C) groups is 1. The first-order chi connectivity index (χ1) is 8.81. The van der Waals surface area contributed by atoms with E-state index < -0.39 is 0 Å². The van der Waals surface area contributed by atoms with Crippen molar-refractivity contribution in [3.63, 3.8) is 0 Å². The zero-order valence-corrected chi connectivity index (χ0v) is 12.7. The van der Waals surface area contributed by atoms with E-state index in [1.807, 2.05) is 6.07 Å². The molecule has 20 heavy (non-hydrogen) atoms. The molecule has 1 aliphatic heterocycles. The molecular formula is C15H17Cl2N3. The van der Waals surface area contributed by atoms with Crippen LogP contribution in [0.15, 0.2) is 53.5 Å². The lowest BCUT2D eigenvalue weighted by atomic mass is 10.2. The van der Waals surface area contributed by atoms with E-state index in [0.717, 1.165) is 18.1 Å². The summed E-state index contributed by atoms with van der Waals surface area (Å²) >= 11 is 0. The van der Waals surface area contributed by atoms with Gasteiger partial charge in [-0.2, -0.15) is 4.99 Å². The fourth-order valence-corrected chi connectivity index (χ4v) is 2.11. The van der Waals surface area contributed by atoms with Gasteiger partial charge in [-0.05, 0) is 25.1 Å². The third-order valence-electron chi connectivity index (χ3n) is 3.15. The van der Waals surface area contributed by atoms with Crippen LogP contribution in [0.3, 0.4) is 0 Å². The maximum Gasteiger partial charge on any atom is 0.261 e. The lowest BCUT2D eigenvalue weighted by Crippen LogP contribution is -3.00. The molecule has 0 radical (unpaired) electrons. The van der Waals surface area contributed by atoms with Crippen molar-refractivity contribution in [1.29, 1.82) is 0 Å². The number of amidine groups is 1. The van der Waals surface area contributed by atoms with Crippen LogP contribution in [0.2, 0.25) is 0 Å². The van der Waals surface area contributed by atoms with E-state index in [1.54, 1.807) is 0 Å². The maximum absolute atomic E-state index is 4.61. The Morgan fingerprint density at radius 2 is 1.70 bits per heavy atom. The molecule has 1 aliphatic rings. The number of benzene rings is 2. The normalized spacial score (nSPS) is 11.9. The smallest absolute Gasteiger partial charge is 0.261 e. The Balaban J connectivity index is 0.000001000. The van der Waals surface area contributed by atoms with Crippen molar-refractivity contribution >= 4 is 22.9 Å². The van der Waals surface area contributed by atoms with Gasteiger partial charge in [0.15, 0.2) is 12.2 Å². The van der Waals surface area contributed by atoms with Gasteiger partial charge in [-0.25, -0.2) is 0 Å². The van der Waals surface area contributed by atoms with Crippen molar-refractivity contribution < 1.29 is 35.4 Å².